The smallest absolute Gasteiger partial charge is 0.160 e. The topological polar surface area (TPSA) is 92.0 Å². The van der Waals surface area contributed by atoms with Crippen molar-refractivity contribution >= 4 is 12.5 Å². The van der Waals surface area contributed by atoms with E-state index in [9.17, 15) is 4.79 Å². The lowest BCUT2D eigenvalue weighted by atomic mass is 10.1. The molecular formula is C18H30N2O4. The van der Waals surface area contributed by atoms with Crippen molar-refractivity contribution in [3.8, 4) is 0 Å². The lowest BCUT2D eigenvalue weighted by molar-refractivity contribution is -0.214. The lowest BCUT2D eigenvalue weighted by Gasteiger charge is -2.06. The van der Waals surface area contributed by atoms with Crippen LogP contribution < -0.4 is 0 Å². The first-order valence-electron chi connectivity index (χ1n) is 7.65. The van der Waals surface area contributed by atoms with Gasteiger partial charge in [0.15, 0.2) is 6.29 Å². The minimum absolute atomic E-state index is 0.0347. The Morgan fingerprint density at radius 1 is 1.33 bits per heavy atom. The number of hydrogen-bond acceptors (Lipinski definition) is 6. The molecule has 2 N–H and O–H groups in total. The molecule has 0 amide bonds. The molecule has 24 heavy (non-hydrogen) atoms. The Bertz CT molecular complexity index is 514. The number of hydrogen-bond donors (Lipinski definition) is 2. The zero-order valence-electron chi connectivity index (χ0n) is 15.5. The summed E-state index contributed by atoms with van der Waals surface area (Å²) >= 11 is 0. The van der Waals surface area contributed by atoms with E-state index in [1.807, 2.05) is 33.8 Å². The molecule has 0 aromatic carbocycles. The molecule has 136 valence electrons. The van der Waals surface area contributed by atoms with Gasteiger partial charge in [0.1, 0.15) is 0 Å². The zero-order valence-corrected chi connectivity index (χ0v) is 15.5. The Morgan fingerprint density at radius 3 is 2.38 bits per heavy atom. The second kappa shape index (κ2) is 16.0. The fourth-order valence-corrected chi connectivity index (χ4v) is 1.70. The van der Waals surface area contributed by atoms with Gasteiger partial charge < -0.3 is 5.11 Å². The van der Waals surface area contributed by atoms with E-state index in [1.54, 1.807) is 6.20 Å². The largest absolute Gasteiger partial charge is 0.390 e. The van der Waals surface area contributed by atoms with Crippen molar-refractivity contribution < 1.29 is 20.0 Å². The van der Waals surface area contributed by atoms with E-state index in [2.05, 4.69) is 27.9 Å². The van der Waals surface area contributed by atoms with E-state index in [0.29, 0.717) is 18.7 Å². The number of aliphatic hydroxyl groups excluding tert-OH is 1. The van der Waals surface area contributed by atoms with Crippen LogP contribution in [-0.2, 0) is 16.3 Å². The van der Waals surface area contributed by atoms with E-state index >= 15 is 0 Å². The molecular weight excluding hydrogens is 308 g/mol. The molecule has 1 unspecified atom stereocenters. The molecule has 0 saturated heterocycles. The van der Waals surface area contributed by atoms with Gasteiger partial charge in [-0.2, -0.15) is 0 Å². The molecule has 1 rings (SSSR count). The first kappa shape index (κ1) is 24.4. The fraction of sp³-hybridized carbons (Fsp3) is 0.500. The van der Waals surface area contributed by atoms with Crippen molar-refractivity contribution in [1.29, 1.82) is 0 Å². The number of aliphatic imine (C=N–C) groups is 1. The first-order valence-corrected chi connectivity index (χ1v) is 7.65. The number of carbonyl (C=O) groups is 1. The molecule has 1 aromatic heterocycles. The van der Waals surface area contributed by atoms with Gasteiger partial charge in [0.2, 0.25) is 0 Å². The Labute approximate surface area is 144 Å². The van der Waals surface area contributed by atoms with Crippen molar-refractivity contribution in [2.75, 3.05) is 13.7 Å². The number of nitrogens with zero attached hydrogens (tertiary/aromatic N) is 2. The highest BCUT2D eigenvalue weighted by Gasteiger charge is 2.02. The summed E-state index contributed by atoms with van der Waals surface area (Å²) in [5, 5.41) is 15.9. The maximum atomic E-state index is 9.78. The number of carbonyl (C=O) groups excluding carboxylic acids is 1. The molecule has 1 aromatic rings. The van der Waals surface area contributed by atoms with Crippen molar-refractivity contribution in [1.82, 2.24) is 4.98 Å². The lowest BCUT2D eigenvalue weighted by Crippen LogP contribution is -1.97. The van der Waals surface area contributed by atoms with Crippen LogP contribution in [0.15, 0.2) is 23.3 Å². The van der Waals surface area contributed by atoms with Crippen LogP contribution in [0.4, 0.5) is 0 Å². The average molecular weight is 338 g/mol. The van der Waals surface area contributed by atoms with Gasteiger partial charge in [-0.25, -0.2) is 4.89 Å². The van der Waals surface area contributed by atoms with Crippen LogP contribution in [0.1, 0.15) is 36.2 Å². The molecule has 0 saturated carbocycles. The van der Waals surface area contributed by atoms with Crippen LogP contribution in [0.2, 0.25) is 0 Å². The predicted octanol–water partition coefficient (Wildman–Crippen LogP) is 3.07. The molecule has 0 bridgehead atoms. The van der Waals surface area contributed by atoms with Crippen LogP contribution in [-0.4, -0.2) is 41.5 Å². The van der Waals surface area contributed by atoms with Crippen LogP contribution in [0, 0.1) is 26.7 Å². The standard InChI is InChI=1S/C9H13NO.C8H13NO.CH4O2/c1-6-4-10-9(5-11)8(3)7(6)2;1-3-4-8(2)7-9-5-6-10;1-3-2/h4,11H,5H2,1-3H3;3-6,8H,7H2,1-2H3;2H,1H3/b;4-3+,9-5?;. The van der Waals surface area contributed by atoms with E-state index in [-0.39, 0.29) is 6.61 Å². The fourth-order valence-electron chi connectivity index (χ4n) is 1.70. The summed E-state index contributed by atoms with van der Waals surface area (Å²) in [5.41, 5.74) is 4.30. The van der Waals surface area contributed by atoms with Crippen LogP contribution >= 0.6 is 0 Å². The van der Waals surface area contributed by atoms with Gasteiger partial charge in [-0.05, 0) is 50.3 Å². The third-order valence-electron chi connectivity index (χ3n) is 3.23. The molecule has 6 nitrogen and oxygen atoms in total. The summed E-state index contributed by atoms with van der Waals surface area (Å²) in [6.45, 7) is 10.8. The summed E-state index contributed by atoms with van der Waals surface area (Å²) in [5.74, 6) is 0.432. The van der Waals surface area contributed by atoms with Crippen molar-refractivity contribution in [2.45, 2.75) is 41.2 Å². The Hall–Kier alpha value is -1.89. The van der Waals surface area contributed by atoms with E-state index in [4.69, 9.17) is 10.4 Å². The summed E-state index contributed by atoms with van der Waals surface area (Å²) in [6, 6.07) is 0. The summed E-state index contributed by atoms with van der Waals surface area (Å²) in [7, 11) is 1.18. The van der Waals surface area contributed by atoms with Crippen molar-refractivity contribution in [3.05, 3.63) is 40.7 Å². The van der Waals surface area contributed by atoms with Gasteiger partial charge in [-0.1, -0.05) is 19.1 Å². The third-order valence-corrected chi connectivity index (χ3v) is 3.23. The van der Waals surface area contributed by atoms with Gasteiger partial charge in [0, 0.05) is 12.7 Å². The molecule has 0 aliphatic heterocycles. The Morgan fingerprint density at radius 2 is 1.92 bits per heavy atom. The molecule has 0 aliphatic carbocycles. The maximum Gasteiger partial charge on any atom is 0.160 e. The van der Waals surface area contributed by atoms with Crippen LogP contribution in [0.5, 0.6) is 0 Å². The number of rotatable bonds is 5. The van der Waals surface area contributed by atoms with E-state index in [1.165, 1.54) is 24.5 Å². The van der Waals surface area contributed by atoms with Gasteiger partial charge >= 0.3 is 0 Å². The van der Waals surface area contributed by atoms with E-state index in [0.717, 1.165) is 11.3 Å². The molecule has 0 aliphatic rings. The summed E-state index contributed by atoms with van der Waals surface area (Å²) in [4.78, 5) is 21.0. The molecule has 0 spiro atoms. The minimum atomic E-state index is 0.0347. The Kier molecular flexibility index (Phi) is 16.2. The molecule has 0 radical (unpaired) electrons. The summed E-state index contributed by atoms with van der Waals surface area (Å²) < 4.78 is 0. The zero-order chi connectivity index (χ0) is 19.0. The predicted molar refractivity (Wildman–Crippen MR) is 97.4 cm³/mol. The highest BCUT2D eigenvalue weighted by molar-refractivity contribution is 6.12. The maximum absolute atomic E-state index is 9.78. The number of aromatic nitrogens is 1. The highest BCUT2D eigenvalue weighted by atomic mass is 17.1. The average Bonchev–Trinajstić information content (AvgIpc) is 2.55. The Balaban J connectivity index is 0. The molecule has 1 heterocycles. The number of aliphatic hydroxyl groups is 1. The molecule has 0 fully saturated rings. The number of pyridine rings is 1. The SMILES string of the molecule is C/C=C/C(C)CN=CC=O.COO.Cc1cnc(CO)c(C)c1C. The second-order valence-corrected chi connectivity index (χ2v) is 5.13. The molecule has 1 atom stereocenters. The van der Waals surface area contributed by atoms with Crippen molar-refractivity contribution in [2.24, 2.45) is 10.9 Å². The number of aryl methyl sites for hydroxylation is 1. The van der Waals surface area contributed by atoms with Crippen LogP contribution in [0.3, 0.4) is 0 Å². The first-order chi connectivity index (χ1) is 11.4. The minimum Gasteiger partial charge on any atom is -0.390 e. The number of allylic oxidation sites excluding steroid dienone is 1. The normalized spacial score (nSPS) is 11.5. The van der Waals surface area contributed by atoms with Gasteiger partial charge in [0.05, 0.1) is 25.6 Å². The third kappa shape index (κ3) is 11.6. The summed E-state index contributed by atoms with van der Waals surface area (Å²) in [6.07, 6.45) is 7.83. The van der Waals surface area contributed by atoms with Crippen LogP contribution in [0.25, 0.3) is 0 Å². The molecule has 6 heteroatoms. The van der Waals surface area contributed by atoms with Gasteiger partial charge in [-0.15, -0.1) is 0 Å². The second-order valence-electron chi connectivity index (χ2n) is 5.13. The number of aldehydes is 1. The highest BCUT2D eigenvalue weighted by Crippen LogP contribution is 2.13. The van der Waals surface area contributed by atoms with E-state index < -0.39 is 0 Å². The quantitative estimate of drug-likeness (QED) is 0.283. The van der Waals surface area contributed by atoms with Gasteiger partial charge in [-0.3, -0.25) is 20.0 Å². The van der Waals surface area contributed by atoms with Crippen molar-refractivity contribution in [3.63, 3.8) is 0 Å². The van der Waals surface area contributed by atoms with Gasteiger partial charge in [0.25, 0.3) is 0 Å². The monoisotopic (exact) mass is 338 g/mol.